The van der Waals surface area contributed by atoms with E-state index < -0.39 is 16.0 Å². The average molecular weight is 699 g/mol. The average Bonchev–Trinajstić information content (AvgIpc) is 3.49. The predicted molar refractivity (Wildman–Crippen MR) is 154 cm³/mol. The summed E-state index contributed by atoms with van der Waals surface area (Å²) < 4.78 is 73.8. The molecule has 2 saturated carbocycles. The van der Waals surface area contributed by atoms with Crippen LogP contribution in [-0.2, 0) is 19.5 Å². The Morgan fingerprint density at radius 2 is 1.00 bits per heavy atom. The molecule has 218 valence electrons. The van der Waals surface area contributed by atoms with Crippen LogP contribution in [0.25, 0.3) is 43.5 Å². The molecule has 0 saturated heterocycles. The summed E-state index contributed by atoms with van der Waals surface area (Å²) in [5, 5.41) is 6.99. The van der Waals surface area contributed by atoms with Gasteiger partial charge in [-0.3, -0.25) is 0 Å². The second-order valence-corrected chi connectivity index (χ2v) is 13.4. The molecule has 0 spiro atoms. The molecule has 2 aliphatic rings. The van der Waals surface area contributed by atoms with Gasteiger partial charge in [-0.05, 0) is 77.6 Å². The van der Waals surface area contributed by atoms with Crippen molar-refractivity contribution in [3.63, 3.8) is 0 Å². The van der Waals surface area contributed by atoms with Crippen molar-refractivity contribution in [2.24, 2.45) is 11.8 Å². The van der Waals surface area contributed by atoms with Gasteiger partial charge in [0.05, 0.1) is 0 Å². The molecule has 0 N–H and O–H groups in total. The molecule has 3 nitrogen and oxygen atoms in total. The fourth-order valence-corrected chi connectivity index (χ4v) is 5.85. The smallest absolute Gasteiger partial charge is 0.0464 e. The molecule has 4 radical (unpaired) electrons. The Morgan fingerprint density at radius 1 is 0.634 bits per heavy atom. The van der Waals surface area contributed by atoms with E-state index in [1.165, 1.54) is 28.0 Å². The number of nitrogens with zero attached hydrogens (tertiary/aromatic N) is 1. The molecule has 0 unspecified atom stereocenters. The summed E-state index contributed by atoms with van der Waals surface area (Å²) in [5.74, 6) is 1.62. The Balaban J connectivity index is 0.000000212. The van der Waals surface area contributed by atoms with Gasteiger partial charge in [-0.15, -0.1) is 0 Å². The van der Waals surface area contributed by atoms with Gasteiger partial charge in [0.25, 0.3) is 0 Å². The second kappa shape index (κ2) is 11.2. The summed E-state index contributed by atoms with van der Waals surface area (Å²) in [6, 6.07) is 25.3. The fourth-order valence-electron chi connectivity index (χ4n) is 4.85. The van der Waals surface area contributed by atoms with Crippen molar-refractivity contribution in [1.82, 2.24) is 0 Å². The fraction of sp³-hybridized carbons (Fsp3) is 0.172. The van der Waals surface area contributed by atoms with Gasteiger partial charge in [-0.1, -0.05) is 60.7 Å². The Morgan fingerprint density at radius 3 is 1.32 bits per heavy atom. The largest absolute Gasteiger partial charge is 3.00 e. The summed E-state index contributed by atoms with van der Waals surface area (Å²) in [4.78, 5) is 0. The molecule has 2 bridgehead atoms. The quantitative estimate of drug-likeness (QED) is 0.0991. The molecule has 7 rings (SSSR count). The first-order chi connectivity index (χ1) is 18.6. The maximum absolute atomic E-state index is 10.7. The molecule has 5 aromatic rings. The zero-order valence-electron chi connectivity index (χ0n) is 21.9. The molecule has 0 atom stereocenters. The minimum absolute atomic E-state index is 0. The standard InChI is InChI=1S/C22H18NO2P.C7H8.F6P.Rh/c1-23(2)26-24-19-13-11-15-7-3-5-9-17(15)21(19)22-18-10-6-4-8-16(18)12-14-20(22)25-26;1-2-7-4-3-6(1)5-7;1-7(2,3,4,5)6;/h3-14H,1-2H3;1-4,6-7H,5H2;;/q;;-1;+3. The number of fused-ring (bicyclic) bond motifs is 9. The van der Waals surface area contributed by atoms with E-state index in [2.05, 4.69) is 98.5 Å². The SMILES string of the molecule is CN(C)p1oc2ccc3ccccc3c2c2c(ccc3ccccc32)o1.F[P-](F)(F)(F)(F)F.[CH]1[CH]C2[CH][CH]C1C2.[Rh+3]. The molecule has 1 aromatic heterocycles. The van der Waals surface area contributed by atoms with Gasteiger partial charge in [-0.25, -0.2) is 4.67 Å². The van der Waals surface area contributed by atoms with Crippen LogP contribution in [0.3, 0.4) is 0 Å². The van der Waals surface area contributed by atoms with Crippen LogP contribution in [0, 0.1) is 37.5 Å². The van der Waals surface area contributed by atoms with Crippen LogP contribution in [0.5, 0.6) is 0 Å². The molecule has 12 heteroatoms. The van der Waals surface area contributed by atoms with Crippen LogP contribution < -0.4 is 4.67 Å². The molecule has 2 fully saturated rings. The van der Waals surface area contributed by atoms with E-state index in [0.717, 1.165) is 33.8 Å². The molecule has 1 heterocycles. The van der Waals surface area contributed by atoms with E-state index in [1.54, 1.807) is 0 Å². The van der Waals surface area contributed by atoms with Gasteiger partial charge < -0.3 is 8.39 Å². The van der Waals surface area contributed by atoms with Crippen molar-refractivity contribution >= 4 is 59.5 Å². The zero-order chi connectivity index (χ0) is 28.8. The summed E-state index contributed by atoms with van der Waals surface area (Å²) in [7, 11) is -7.90. The normalized spacial score (nSPS) is 19.6. The van der Waals surface area contributed by atoms with Gasteiger partial charge in [0.15, 0.2) is 0 Å². The van der Waals surface area contributed by atoms with E-state index in [0.29, 0.717) is 0 Å². The van der Waals surface area contributed by atoms with Crippen LogP contribution in [0.4, 0.5) is 25.2 Å². The molecular formula is C29H26F6NO2P2Rh+2. The molecule has 2 aliphatic carbocycles. The Bertz CT molecular complexity index is 1620. The van der Waals surface area contributed by atoms with Gasteiger partial charge in [-0.2, -0.15) is 0 Å². The summed E-state index contributed by atoms with van der Waals surface area (Å²) in [6.45, 7) is 0. The van der Waals surface area contributed by atoms with Crippen molar-refractivity contribution in [2.45, 2.75) is 6.42 Å². The monoisotopic (exact) mass is 699 g/mol. The third kappa shape index (κ3) is 8.48. The van der Waals surface area contributed by atoms with Crippen LogP contribution in [0.1, 0.15) is 6.42 Å². The van der Waals surface area contributed by atoms with Crippen molar-refractivity contribution in [3.05, 3.63) is 98.5 Å². The maximum atomic E-state index is 9.87. The molecule has 41 heavy (non-hydrogen) atoms. The number of hydrogen-bond donors (Lipinski definition) is 0. The second-order valence-electron chi connectivity index (χ2n) is 9.88. The first-order valence-corrected chi connectivity index (χ1v) is 15.6. The summed E-state index contributed by atoms with van der Waals surface area (Å²) in [5.41, 5.74) is 1.75. The minimum Gasteiger partial charge on any atom is -0.0464 e. The topological polar surface area (TPSA) is 29.5 Å². The van der Waals surface area contributed by atoms with Crippen LogP contribution in [-0.4, -0.2) is 14.1 Å². The van der Waals surface area contributed by atoms with Crippen molar-refractivity contribution in [2.75, 3.05) is 18.8 Å². The number of hydrogen-bond acceptors (Lipinski definition) is 3. The van der Waals surface area contributed by atoms with Crippen molar-refractivity contribution < 1.29 is 53.1 Å². The third-order valence-corrected chi connectivity index (χ3v) is 7.83. The van der Waals surface area contributed by atoms with E-state index in [4.69, 9.17) is 8.39 Å². The Hall–Kier alpha value is -2.11. The molecule has 4 aromatic carbocycles. The summed E-state index contributed by atoms with van der Waals surface area (Å²) >= 11 is 0. The maximum Gasteiger partial charge on any atom is 3.00 e. The Kier molecular flexibility index (Phi) is 8.68. The van der Waals surface area contributed by atoms with E-state index in [-0.39, 0.29) is 19.5 Å². The third-order valence-electron chi connectivity index (χ3n) is 6.47. The number of rotatable bonds is 1. The van der Waals surface area contributed by atoms with E-state index in [9.17, 15) is 25.2 Å². The summed E-state index contributed by atoms with van der Waals surface area (Å²) in [6.07, 6.45) is 10.5. The van der Waals surface area contributed by atoms with E-state index >= 15 is 0 Å². The number of halogens is 6. The van der Waals surface area contributed by atoms with Gasteiger partial charge in [0.2, 0.25) is 0 Å². The molecular weight excluding hydrogens is 673 g/mol. The minimum atomic E-state index is -10.7. The predicted octanol–water partition coefficient (Wildman–Crippen LogP) is 11.6. The van der Waals surface area contributed by atoms with Crippen LogP contribution in [0.15, 0.2) is 81.2 Å². The molecule has 0 amide bonds. The van der Waals surface area contributed by atoms with Crippen LogP contribution in [0.2, 0.25) is 0 Å². The van der Waals surface area contributed by atoms with Gasteiger partial charge in [0, 0.05) is 24.9 Å². The first-order valence-electron chi connectivity index (χ1n) is 12.4. The van der Waals surface area contributed by atoms with Gasteiger partial charge in [0.1, 0.15) is 11.2 Å². The van der Waals surface area contributed by atoms with Crippen molar-refractivity contribution in [1.29, 1.82) is 0 Å². The van der Waals surface area contributed by atoms with Gasteiger partial charge >= 0.3 is 60.6 Å². The number of benzene rings is 4. The van der Waals surface area contributed by atoms with Crippen molar-refractivity contribution in [3.8, 4) is 0 Å². The van der Waals surface area contributed by atoms with Crippen LogP contribution >= 0.6 is 16.0 Å². The van der Waals surface area contributed by atoms with E-state index in [1.807, 2.05) is 18.8 Å². The zero-order valence-corrected chi connectivity index (χ0v) is 25.3. The molecule has 0 aliphatic heterocycles. The first kappa shape index (κ1) is 31.8. The Labute approximate surface area is 247 Å².